The molecule has 1 unspecified atom stereocenters. The molecule has 1 aromatic carbocycles. The van der Waals surface area contributed by atoms with Crippen LogP contribution in [-0.4, -0.2) is 47.0 Å². The molecule has 28 heavy (non-hydrogen) atoms. The maximum Gasteiger partial charge on any atom is 0.416 e. The topological polar surface area (TPSA) is 73.1 Å². The number of aromatic nitrogens is 2. The summed E-state index contributed by atoms with van der Waals surface area (Å²) in [6.45, 7) is 2.69. The Labute approximate surface area is 161 Å². The van der Waals surface area contributed by atoms with Gasteiger partial charge in [0.1, 0.15) is 0 Å². The Balaban J connectivity index is 1.88. The lowest BCUT2D eigenvalue weighted by Crippen LogP contribution is -2.37. The van der Waals surface area contributed by atoms with Crippen LogP contribution in [0.2, 0.25) is 0 Å². The Kier molecular flexibility index (Phi) is 5.55. The number of rotatable bonds is 4. The number of benzene rings is 1. The number of carbonyl (C=O) groups excluding carboxylic acids is 1. The van der Waals surface area contributed by atoms with Gasteiger partial charge in [-0.3, -0.25) is 4.79 Å². The van der Waals surface area contributed by atoms with Crippen LogP contribution in [0.25, 0.3) is 17.0 Å². The van der Waals surface area contributed by atoms with Crippen LogP contribution in [0.1, 0.15) is 24.6 Å². The van der Waals surface area contributed by atoms with Gasteiger partial charge >= 0.3 is 6.18 Å². The molecule has 0 saturated carbocycles. The van der Waals surface area contributed by atoms with Gasteiger partial charge in [-0.15, -0.1) is 6.54 Å². The predicted molar refractivity (Wildman–Crippen MR) is 99.6 cm³/mol. The fraction of sp³-hybridized carbons (Fsp3) is 0.421. The molecule has 1 aromatic heterocycles. The molecule has 0 spiro atoms. The Hall–Kier alpha value is -2.68. The highest BCUT2D eigenvalue weighted by molar-refractivity contribution is 5.73. The standard InChI is InChI=1S/C19H21F3N5O/c1-12(28)26(2)16-7-8-27(11-16)18-24-15(10-23)9-17(25-18)13-3-5-14(6-4-13)19(20,21)22/h3-6,9,16,23H,7-8,10-11H2,1-2H3/q-1. The lowest BCUT2D eigenvalue weighted by atomic mass is 10.1. The van der Waals surface area contributed by atoms with Crippen LogP contribution in [0.3, 0.4) is 0 Å². The summed E-state index contributed by atoms with van der Waals surface area (Å²) in [5, 5.41) is 0. The van der Waals surface area contributed by atoms with Crippen LogP contribution in [-0.2, 0) is 17.5 Å². The molecule has 0 radical (unpaired) electrons. The summed E-state index contributed by atoms with van der Waals surface area (Å²) in [5.74, 6) is 0.414. The second kappa shape index (κ2) is 7.75. The first-order valence-corrected chi connectivity index (χ1v) is 8.87. The van der Waals surface area contributed by atoms with Crippen molar-refractivity contribution in [3.05, 3.63) is 47.3 Å². The Morgan fingerprint density at radius 1 is 1.29 bits per heavy atom. The monoisotopic (exact) mass is 392 g/mol. The average molecular weight is 392 g/mol. The van der Waals surface area contributed by atoms with Gasteiger partial charge in [-0.25, -0.2) is 9.97 Å². The lowest BCUT2D eigenvalue weighted by molar-refractivity contribution is -0.137. The van der Waals surface area contributed by atoms with Crippen molar-refractivity contribution in [2.75, 3.05) is 25.0 Å². The van der Waals surface area contributed by atoms with E-state index in [0.29, 0.717) is 36.0 Å². The summed E-state index contributed by atoms with van der Waals surface area (Å²) in [7, 11) is 1.76. The highest BCUT2D eigenvalue weighted by Gasteiger charge is 2.31. The average Bonchev–Trinajstić information content (AvgIpc) is 3.16. The number of halogens is 3. The number of hydrogen-bond acceptors (Lipinski definition) is 4. The van der Waals surface area contributed by atoms with Crippen molar-refractivity contribution in [1.82, 2.24) is 14.9 Å². The molecule has 1 atom stereocenters. The molecule has 2 aromatic rings. The van der Waals surface area contributed by atoms with E-state index in [4.69, 9.17) is 5.73 Å². The summed E-state index contributed by atoms with van der Waals surface area (Å²) < 4.78 is 38.3. The van der Waals surface area contributed by atoms with Crippen LogP contribution in [0.5, 0.6) is 0 Å². The number of nitrogens with one attached hydrogen (secondary N) is 1. The molecule has 1 fully saturated rings. The summed E-state index contributed by atoms with van der Waals surface area (Å²) >= 11 is 0. The van der Waals surface area contributed by atoms with Gasteiger partial charge in [-0.05, 0) is 24.6 Å². The third kappa shape index (κ3) is 4.24. The maximum atomic E-state index is 12.8. The van der Waals surface area contributed by atoms with Gasteiger partial charge in [0.25, 0.3) is 0 Å². The van der Waals surface area contributed by atoms with Gasteiger partial charge in [0.15, 0.2) is 0 Å². The number of carbonyl (C=O) groups is 1. The van der Waals surface area contributed by atoms with E-state index in [1.807, 2.05) is 4.90 Å². The zero-order chi connectivity index (χ0) is 20.5. The molecule has 1 N–H and O–H groups in total. The van der Waals surface area contributed by atoms with Gasteiger partial charge < -0.3 is 15.5 Å². The van der Waals surface area contributed by atoms with E-state index in [9.17, 15) is 18.0 Å². The van der Waals surface area contributed by atoms with Crippen LogP contribution in [0.15, 0.2) is 30.3 Å². The number of anilines is 1. The van der Waals surface area contributed by atoms with Crippen LogP contribution >= 0.6 is 0 Å². The maximum absolute atomic E-state index is 12.8. The fourth-order valence-corrected chi connectivity index (χ4v) is 3.19. The smallest absolute Gasteiger partial charge is 0.416 e. The normalized spacial score (nSPS) is 17.1. The van der Waals surface area contributed by atoms with Gasteiger partial charge in [-0.1, -0.05) is 12.1 Å². The number of nitrogens with zero attached hydrogens (tertiary/aromatic N) is 4. The van der Waals surface area contributed by atoms with Crippen molar-refractivity contribution in [2.45, 2.75) is 32.1 Å². The fourth-order valence-electron chi connectivity index (χ4n) is 3.19. The number of likely N-dealkylation sites (N-methyl/N-ethyl adjacent to an activating group) is 1. The Morgan fingerprint density at radius 2 is 1.96 bits per heavy atom. The second-order valence-electron chi connectivity index (χ2n) is 6.81. The minimum atomic E-state index is -4.39. The summed E-state index contributed by atoms with van der Waals surface area (Å²) in [5.41, 5.74) is 8.41. The van der Waals surface area contributed by atoms with Crippen LogP contribution < -0.4 is 4.90 Å². The molecule has 2 heterocycles. The zero-order valence-electron chi connectivity index (χ0n) is 15.6. The molecule has 6 nitrogen and oxygen atoms in total. The molecule has 150 valence electrons. The minimum absolute atomic E-state index is 0.0156. The minimum Gasteiger partial charge on any atom is -0.672 e. The number of alkyl halides is 3. The van der Waals surface area contributed by atoms with Gasteiger partial charge in [0.05, 0.1) is 17.3 Å². The molecule has 1 amide bonds. The van der Waals surface area contributed by atoms with E-state index >= 15 is 0 Å². The van der Waals surface area contributed by atoms with E-state index in [2.05, 4.69) is 9.97 Å². The Bertz CT molecular complexity index is 854. The summed E-state index contributed by atoms with van der Waals surface area (Å²) in [6, 6.07) is 6.46. The quantitative estimate of drug-likeness (QED) is 0.794. The molecule has 0 aliphatic carbocycles. The number of amides is 1. The molecule has 1 aliphatic heterocycles. The third-order valence-electron chi connectivity index (χ3n) is 4.95. The molecule has 9 heteroatoms. The first kappa shape index (κ1) is 20.1. The highest BCUT2D eigenvalue weighted by atomic mass is 19.4. The van der Waals surface area contributed by atoms with Crippen molar-refractivity contribution in [2.24, 2.45) is 0 Å². The zero-order valence-corrected chi connectivity index (χ0v) is 15.6. The van der Waals surface area contributed by atoms with E-state index in [1.165, 1.54) is 19.1 Å². The van der Waals surface area contributed by atoms with Crippen molar-refractivity contribution in [1.29, 1.82) is 0 Å². The SMILES string of the molecule is CC(=O)N(C)C1CCN(c2nc(C[NH-])cc(-c3ccc(C(F)(F)F)cc3)n2)C1. The van der Waals surface area contributed by atoms with E-state index < -0.39 is 11.7 Å². The Morgan fingerprint density at radius 3 is 2.54 bits per heavy atom. The second-order valence-corrected chi connectivity index (χ2v) is 6.81. The first-order chi connectivity index (χ1) is 13.2. The van der Waals surface area contributed by atoms with Crippen LogP contribution in [0, 0.1) is 0 Å². The third-order valence-corrected chi connectivity index (χ3v) is 4.95. The molecule has 3 rings (SSSR count). The van der Waals surface area contributed by atoms with Gasteiger partial charge in [0.2, 0.25) is 11.9 Å². The predicted octanol–water partition coefficient (Wildman–Crippen LogP) is 3.77. The highest BCUT2D eigenvalue weighted by Crippen LogP contribution is 2.31. The van der Waals surface area contributed by atoms with Crippen molar-refractivity contribution in [3.8, 4) is 11.3 Å². The van der Waals surface area contributed by atoms with E-state index in [-0.39, 0.29) is 18.5 Å². The number of hydrogen-bond donors (Lipinski definition) is 0. The molecular formula is C19H21F3N5O-. The lowest BCUT2D eigenvalue weighted by Gasteiger charge is -2.24. The van der Waals surface area contributed by atoms with E-state index in [0.717, 1.165) is 18.6 Å². The van der Waals surface area contributed by atoms with Crippen molar-refractivity contribution >= 4 is 11.9 Å². The largest absolute Gasteiger partial charge is 0.672 e. The van der Waals surface area contributed by atoms with Crippen molar-refractivity contribution < 1.29 is 18.0 Å². The molecule has 1 aliphatic rings. The van der Waals surface area contributed by atoms with Crippen LogP contribution in [0.4, 0.5) is 19.1 Å². The molecule has 0 bridgehead atoms. The van der Waals surface area contributed by atoms with E-state index in [1.54, 1.807) is 18.0 Å². The van der Waals surface area contributed by atoms with Gasteiger partial charge in [0, 0.05) is 38.3 Å². The first-order valence-electron chi connectivity index (χ1n) is 8.87. The molecular weight excluding hydrogens is 371 g/mol. The van der Waals surface area contributed by atoms with Crippen molar-refractivity contribution in [3.63, 3.8) is 0 Å². The summed E-state index contributed by atoms with van der Waals surface area (Å²) in [4.78, 5) is 24.1. The summed E-state index contributed by atoms with van der Waals surface area (Å²) in [6.07, 6.45) is -3.62. The van der Waals surface area contributed by atoms with Gasteiger partial charge in [-0.2, -0.15) is 13.2 Å². The molecule has 1 saturated heterocycles.